The van der Waals surface area contributed by atoms with Gasteiger partial charge in [0.2, 0.25) is 5.88 Å². The van der Waals surface area contributed by atoms with Crippen LogP contribution < -0.4 is 4.74 Å². The van der Waals surface area contributed by atoms with E-state index in [1.807, 2.05) is 0 Å². The van der Waals surface area contributed by atoms with Gasteiger partial charge in [-0.15, -0.1) is 0 Å². The summed E-state index contributed by atoms with van der Waals surface area (Å²) in [7, 11) is 1.46. The molecule has 1 aromatic rings. The fourth-order valence-electron chi connectivity index (χ4n) is 2.50. The molecule has 1 fully saturated rings. The van der Waals surface area contributed by atoms with Crippen LogP contribution in [0.5, 0.6) is 5.88 Å². The predicted molar refractivity (Wildman–Crippen MR) is 81.1 cm³/mol. The molecule has 2 heterocycles. The van der Waals surface area contributed by atoms with E-state index < -0.39 is 0 Å². The highest BCUT2D eigenvalue weighted by molar-refractivity contribution is 6.29. The van der Waals surface area contributed by atoms with E-state index in [9.17, 15) is 9.59 Å². The van der Waals surface area contributed by atoms with Crippen molar-refractivity contribution in [3.63, 3.8) is 0 Å². The molecule has 0 radical (unpaired) electrons. The van der Waals surface area contributed by atoms with Crippen molar-refractivity contribution in [1.82, 2.24) is 9.88 Å². The minimum atomic E-state index is -0.267. The third kappa shape index (κ3) is 3.88. The standard InChI is InChI=1S/C15H19ClN2O4/c1-3-22-15(20)10-5-4-6-18(9-10)14(19)11-7-12(16)17-13(8-11)21-2/h7-8,10H,3-6,9H2,1-2H3. The number of esters is 1. The van der Waals surface area contributed by atoms with Gasteiger partial charge in [-0.3, -0.25) is 9.59 Å². The second-order valence-electron chi connectivity index (χ2n) is 5.06. The monoisotopic (exact) mass is 326 g/mol. The lowest BCUT2D eigenvalue weighted by Crippen LogP contribution is -2.42. The van der Waals surface area contributed by atoms with Crippen molar-refractivity contribution >= 4 is 23.5 Å². The van der Waals surface area contributed by atoms with Crippen LogP contribution in [0, 0.1) is 5.92 Å². The van der Waals surface area contributed by atoms with Gasteiger partial charge < -0.3 is 14.4 Å². The van der Waals surface area contributed by atoms with Crippen molar-refractivity contribution < 1.29 is 19.1 Å². The van der Waals surface area contributed by atoms with Gasteiger partial charge in [0, 0.05) is 24.7 Å². The predicted octanol–water partition coefficient (Wildman–Crippen LogP) is 2.16. The molecule has 1 atom stereocenters. The first-order valence-electron chi connectivity index (χ1n) is 7.22. The number of carbonyl (C=O) groups excluding carboxylic acids is 2. The summed E-state index contributed by atoms with van der Waals surface area (Å²) >= 11 is 5.90. The summed E-state index contributed by atoms with van der Waals surface area (Å²) in [6.07, 6.45) is 1.51. The first kappa shape index (κ1) is 16.5. The fourth-order valence-corrected chi connectivity index (χ4v) is 2.70. The van der Waals surface area contributed by atoms with E-state index in [2.05, 4.69) is 4.98 Å². The highest BCUT2D eigenvalue weighted by Gasteiger charge is 2.30. The van der Waals surface area contributed by atoms with Gasteiger partial charge in [0.15, 0.2) is 0 Å². The molecule has 7 heteroatoms. The molecule has 0 aliphatic carbocycles. The van der Waals surface area contributed by atoms with Gasteiger partial charge in [0.05, 0.1) is 19.6 Å². The lowest BCUT2D eigenvalue weighted by Gasteiger charge is -2.31. The van der Waals surface area contributed by atoms with Gasteiger partial charge in [-0.2, -0.15) is 0 Å². The molecule has 1 amide bonds. The van der Waals surface area contributed by atoms with Crippen LogP contribution in [0.4, 0.5) is 0 Å². The first-order valence-corrected chi connectivity index (χ1v) is 7.60. The number of aromatic nitrogens is 1. The Kier molecular flexibility index (Phi) is 5.60. The Bertz CT molecular complexity index is 564. The average molecular weight is 327 g/mol. The van der Waals surface area contributed by atoms with E-state index in [0.29, 0.717) is 25.3 Å². The molecule has 0 N–H and O–H groups in total. The Hall–Kier alpha value is -1.82. The summed E-state index contributed by atoms with van der Waals surface area (Å²) in [6, 6.07) is 3.04. The van der Waals surface area contributed by atoms with Gasteiger partial charge in [-0.05, 0) is 25.8 Å². The van der Waals surface area contributed by atoms with E-state index in [1.54, 1.807) is 17.9 Å². The van der Waals surface area contributed by atoms with Crippen LogP contribution in [-0.4, -0.2) is 48.6 Å². The number of rotatable bonds is 4. The summed E-state index contributed by atoms with van der Waals surface area (Å²) in [6.45, 7) is 3.09. The van der Waals surface area contributed by atoms with E-state index in [0.717, 1.165) is 12.8 Å². The Morgan fingerprint density at radius 2 is 2.23 bits per heavy atom. The molecule has 1 aromatic heterocycles. The van der Waals surface area contributed by atoms with Crippen LogP contribution >= 0.6 is 11.6 Å². The summed E-state index contributed by atoms with van der Waals surface area (Å²) in [5.41, 5.74) is 0.404. The zero-order valence-corrected chi connectivity index (χ0v) is 13.4. The minimum Gasteiger partial charge on any atom is -0.481 e. The second-order valence-corrected chi connectivity index (χ2v) is 5.45. The molecule has 120 valence electrons. The number of ether oxygens (including phenoxy) is 2. The first-order chi connectivity index (χ1) is 10.5. The van der Waals surface area contributed by atoms with Gasteiger partial charge in [-0.1, -0.05) is 11.6 Å². The van der Waals surface area contributed by atoms with Crippen molar-refractivity contribution in [2.75, 3.05) is 26.8 Å². The molecule has 22 heavy (non-hydrogen) atoms. The molecule has 0 spiro atoms. The number of piperidine rings is 1. The third-order valence-electron chi connectivity index (χ3n) is 3.56. The van der Waals surface area contributed by atoms with Gasteiger partial charge in [0.25, 0.3) is 5.91 Å². The Morgan fingerprint density at radius 1 is 1.45 bits per heavy atom. The van der Waals surface area contributed by atoms with E-state index in [-0.39, 0.29) is 28.8 Å². The number of methoxy groups -OCH3 is 1. The zero-order valence-electron chi connectivity index (χ0n) is 12.7. The summed E-state index contributed by atoms with van der Waals surface area (Å²) < 4.78 is 10.1. The van der Waals surface area contributed by atoms with E-state index >= 15 is 0 Å². The van der Waals surface area contributed by atoms with Gasteiger partial charge >= 0.3 is 5.97 Å². The fraction of sp³-hybridized carbons (Fsp3) is 0.533. The third-order valence-corrected chi connectivity index (χ3v) is 3.75. The molecule has 1 aliphatic heterocycles. The van der Waals surface area contributed by atoms with Crippen molar-refractivity contribution in [3.8, 4) is 5.88 Å². The highest BCUT2D eigenvalue weighted by Crippen LogP contribution is 2.22. The maximum absolute atomic E-state index is 12.6. The lowest BCUT2D eigenvalue weighted by molar-refractivity contribution is -0.149. The molecule has 0 aromatic carbocycles. The largest absolute Gasteiger partial charge is 0.481 e. The average Bonchev–Trinajstić information content (AvgIpc) is 2.53. The van der Waals surface area contributed by atoms with Crippen LogP contribution in [0.15, 0.2) is 12.1 Å². The van der Waals surface area contributed by atoms with Gasteiger partial charge in [0.1, 0.15) is 5.15 Å². The van der Waals surface area contributed by atoms with Crippen molar-refractivity contribution in [2.45, 2.75) is 19.8 Å². The molecule has 1 unspecified atom stereocenters. The van der Waals surface area contributed by atoms with Crippen molar-refractivity contribution in [1.29, 1.82) is 0 Å². The van der Waals surface area contributed by atoms with Crippen LogP contribution in [-0.2, 0) is 9.53 Å². The molecule has 1 aliphatic rings. The number of nitrogens with zero attached hydrogens (tertiary/aromatic N) is 2. The second kappa shape index (κ2) is 7.45. The summed E-state index contributed by atoms with van der Waals surface area (Å²) in [5, 5.41) is 0.196. The number of hydrogen-bond acceptors (Lipinski definition) is 5. The number of carbonyl (C=O) groups is 2. The highest BCUT2D eigenvalue weighted by atomic mass is 35.5. The molecule has 0 saturated carbocycles. The van der Waals surface area contributed by atoms with Crippen molar-refractivity contribution in [3.05, 3.63) is 22.8 Å². The SMILES string of the molecule is CCOC(=O)C1CCCN(C(=O)c2cc(Cl)nc(OC)c2)C1. The minimum absolute atomic E-state index is 0.184. The Morgan fingerprint density at radius 3 is 2.91 bits per heavy atom. The maximum Gasteiger partial charge on any atom is 0.310 e. The van der Waals surface area contributed by atoms with E-state index in [1.165, 1.54) is 13.2 Å². The Balaban J connectivity index is 2.12. The number of hydrogen-bond donors (Lipinski definition) is 0. The number of likely N-dealkylation sites (tertiary alicyclic amines) is 1. The molecule has 0 bridgehead atoms. The van der Waals surface area contributed by atoms with Gasteiger partial charge in [-0.25, -0.2) is 4.98 Å². The van der Waals surface area contributed by atoms with Crippen LogP contribution in [0.25, 0.3) is 0 Å². The molecule has 6 nitrogen and oxygen atoms in total. The number of halogens is 1. The normalized spacial score (nSPS) is 18.0. The van der Waals surface area contributed by atoms with Crippen LogP contribution in [0.3, 0.4) is 0 Å². The maximum atomic E-state index is 12.6. The summed E-state index contributed by atoms with van der Waals surface area (Å²) in [5.74, 6) is -0.409. The Labute approximate surface area is 134 Å². The zero-order chi connectivity index (χ0) is 16.1. The molecule has 2 rings (SSSR count). The quantitative estimate of drug-likeness (QED) is 0.626. The summed E-state index contributed by atoms with van der Waals surface area (Å²) in [4.78, 5) is 30.0. The van der Waals surface area contributed by atoms with E-state index in [4.69, 9.17) is 21.1 Å². The molecule has 1 saturated heterocycles. The topological polar surface area (TPSA) is 68.7 Å². The smallest absolute Gasteiger partial charge is 0.310 e. The van der Waals surface area contributed by atoms with Crippen LogP contribution in [0.1, 0.15) is 30.1 Å². The number of pyridine rings is 1. The lowest BCUT2D eigenvalue weighted by atomic mass is 9.97. The van der Waals surface area contributed by atoms with Crippen molar-refractivity contribution in [2.24, 2.45) is 5.92 Å². The van der Waals surface area contributed by atoms with Crippen LogP contribution in [0.2, 0.25) is 5.15 Å². The number of amides is 1. The molecular formula is C15H19ClN2O4. The molecular weight excluding hydrogens is 308 g/mol.